The van der Waals surface area contributed by atoms with Gasteiger partial charge in [0, 0.05) is 23.4 Å². The Kier molecular flexibility index (Phi) is 9.31. The van der Waals surface area contributed by atoms with E-state index >= 15 is 0 Å². The summed E-state index contributed by atoms with van der Waals surface area (Å²) in [7, 11) is 0. The van der Waals surface area contributed by atoms with Crippen molar-refractivity contribution >= 4 is 69.9 Å². The first-order valence-corrected chi connectivity index (χ1v) is 14.4. The van der Waals surface area contributed by atoms with Crippen molar-refractivity contribution in [3.05, 3.63) is 35.0 Å². The fourth-order valence-corrected chi connectivity index (χ4v) is 6.71. The Morgan fingerprint density at radius 1 is 1.44 bits per heavy atom. The van der Waals surface area contributed by atoms with Crippen LogP contribution in [0.5, 0.6) is 0 Å². The van der Waals surface area contributed by atoms with Gasteiger partial charge in [-0.3, -0.25) is 19.3 Å². The third kappa shape index (κ3) is 6.12. The second kappa shape index (κ2) is 12.9. The molecule has 1 unspecified atom stereocenters. The van der Waals surface area contributed by atoms with Crippen molar-refractivity contribution in [2.45, 2.75) is 36.5 Å². The van der Waals surface area contributed by atoms with E-state index in [4.69, 9.17) is 4.84 Å². The number of thioether (sulfide) groups is 2. The Morgan fingerprint density at radius 2 is 2.26 bits per heavy atom. The summed E-state index contributed by atoms with van der Waals surface area (Å²) in [6.45, 7) is 6.16. The number of nitrogens with zero attached hydrogens (tertiary/aromatic N) is 7. The molecule has 0 bridgehead atoms. The number of β-lactam (4-membered cyclic amide) rings is 1. The number of carboxylic acids is 1. The van der Waals surface area contributed by atoms with E-state index in [0.29, 0.717) is 29.4 Å². The molecular formula is C21H23N9O6S3. The van der Waals surface area contributed by atoms with E-state index in [9.17, 15) is 24.3 Å². The molecule has 18 heteroatoms. The van der Waals surface area contributed by atoms with Crippen molar-refractivity contribution in [1.82, 2.24) is 35.4 Å². The molecule has 2 aliphatic rings. The first kappa shape index (κ1) is 28.2. The maximum absolute atomic E-state index is 13.1. The molecule has 2 aromatic rings. The highest BCUT2D eigenvalue weighted by Gasteiger charge is 2.54. The predicted octanol–water partition coefficient (Wildman–Crippen LogP) is 0.546. The molecule has 1 fully saturated rings. The van der Waals surface area contributed by atoms with Gasteiger partial charge in [0.15, 0.2) is 10.8 Å². The monoisotopic (exact) mass is 593 g/mol. The number of aliphatic carboxylic acids is 1. The van der Waals surface area contributed by atoms with Crippen LogP contribution < -0.4 is 10.6 Å². The average molecular weight is 594 g/mol. The maximum Gasteiger partial charge on any atom is 0.352 e. The molecule has 2 atom stereocenters. The molecule has 0 aliphatic carbocycles. The quantitative estimate of drug-likeness (QED) is 0.0524. The smallest absolute Gasteiger partial charge is 0.352 e. The van der Waals surface area contributed by atoms with E-state index in [0.717, 1.165) is 17.8 Å². The zero-order chi connectivity index (χ0) is 27.9. The number of fused-ring (bicyclic) bond motifs is 1. The van der Waals surface area contributed by atoms with E-state index < -0.39 is 29.2 Å². The number of amides is 3. The lowest BCUT2D eigenvalue weighted by atomic mass is 10.0. The first-order chi connectivity index (χ1) is 18.9. The van der Waals surface area contributed by atoms with Gasteiger partial charge < -0.3 is 20.6 Å². The van der Waals surface area contributed by atoms with Crippen LogP contribution in [0.15, 0.2) is 39.6 Å². The number of nitrogens with one attached hydrogen (secondary N) is 2. The van der Waals surface area contributed by atoms with Crippen LogP contribution in [-0.2, 0) is 30.6 Å². The molecule has 1 saturated heterocycles. The Morgan fingerprint density at radius 3 is 2.97 bits per heavy atom. The number of carbonyl (C=O) groups is 4. The van der Waals surface area contributed by atoms with Crippen LogP contribution in [0.2, 0.25) is 0 Å². The van der Waals surface area contributed by atoms with Gasteiger partial charge in [-0.2, -0.15) is 0 Å². The van der Waals surface area contributed by atoms with Gasteiger partial charge in [-0.05, 0) is 22.4 Å². The molecule has 2 aliphatic heterocycles. The van der Waals surface area contributed by atoms with Crippen LogP contribution in [0.1, 0.15) is 19.0 Å². The summed E-state index contributed by atoms with van der Waals surface area (Å²) in [6.07, 6.45) is 2.72. The molecule has 0 radical (unpaired) electrons. The molecule has 206 valence electrons. The average Bonchev–Trinajstić information content (AvgIpc) is 3.57. The van der Waals surface area contributed by atoms with Crippen LogP contribution >= 0.6 is 34.9 Å². The molecule has 0 aromatic carbocycles. The van der Waals surface area contributed by atoms with Crippen LogP contribution in [0.25, 0.3) is 0 Å². The lowest BCUT2D eigenvalue weighted by Gasteiger charge is -2.49. The van der Waals surface area contributed by atoms with Crippen LogP contribution in [0.3, 0.4) is 0 Å². The van der Waals surface area contributed by atoms with Crippen molar-refractivity contribution < 1.29 is 29.1 Å². The molecule has 4 heterocycles. The minimum atomic E-state index is -1.24. The third-order valence-corrected chi connectivity index (χ3v) is 8.50. The van der Waals surface area contributed by atoms with E-state index in [-0.39, 0.29) is 34.6 Å². The third-order valence-electron chi connectivity index (χ3n) is 5.34. The van der Waals surface area contributed by atoms with Gasteiger partial charge in [0.2, 0.25) is 11.6 Å². The SMILES string of the molecule is C=CCO/N=C(\C(=O)NC1C(=O)N2C(C(=O)O)=C(CSc3nnnn3CCC)CS[C@H]12)c1csc(NC=O)n1. The van der Waals surface area contributed by atoms with Crippen molar-refractivity contribution in [3.8, 4) is 0 Å². The largest absolute Gasteiger partial charge is 0.477 e. The van der Waals surface area contributed by atoms with Gasteiger partial charge in [0.05, 0.1) is 0 Å². The molecule has 0 spiro atoms. The minimum Gasteiger partial charge on any atom is -0.477 e. The summed E-state index contributed by atoms with van der Waals surface area (Å²) in [5, 5.41) is 32.0. The molecular weight excluding hydrogens is 570 g/mol. The van der Waals surface area contributed by atoms with Crippen molar-refractivity contribution in [1.29, 1.82) is 0 Å². The second-order valence-corrected chi connectivity index (χ2v) is 10.8. The Balaban J connectivity index is 1.48. The molecule has 15 nitrogen and oxygen atoms in total. The number of carboxylic acid groups (broad SMARTS) is 1. The van der Waals surface area contributed by atoms with E-state index in [1.165, 1.54) is 39.9 Å². The zero-order valence-corrected chi connectivity index (χ0v) is 22.9. The molecule has 3 N–H and O–H groups in total. The van der Waals surface area contributed by atoms with Gasteiger partial charge >= 0.3 is 5.97 Å². The highest BCUT2D eigenvalue weighted by Crippen LogP contribution is 2.41. The van der Waals surface area contributed by atoms with Crippen molar-refractivity contribution in [3.63, 3.8) is 0 Å². The molecule has 2 aromatic heterocycles. The normalized spacial score (nSPS) is 18.7. The number of carbonyl (C=O) groups excluding carboxylic acids is 3. The maximum atomic E-state index is 13.1. The lowest BCUT2D eigenvalue weighted by molar-refractivity contribution is -0.150. The number of hydrogen-bond donors (Lipinski definition) is 3. The summed E-state index contributed by atoms with van der Waals surface area (Å²) in [4.78, 5) is 59.5. The summed E-state index contributed by atoms with van der Waals surface area (Å²) in [6, 6.07) is -0.987. The standard InChI is InChI=1S/C21H23N9O6S3/c1-3-5-29-21(25-27-28-29)39-8-11-7-37-18-14(17(33)30(18)15(11)19(34)35)24-16(32)13(26-36-6-4-2)12-9-38-20(23-12)22-10-31/h4,9-10,14,18H,2-3,5-8H2,1H3,(H,24,32)(H,34,35)(H,22,23,31)/b26-13-/t14?,18-/m1/s1. The fraction of sp³-hybridized carbons (Fsp3) is 0.381. The Hall–Kier alpha value is -3.77. The molecule has 39 heavy (non-hydrogen) atoms. The number of tetrazole rings is 1. The first-order valence-electron chi connectivity index (χ1n) is 11.5. The van der Waals surface area contributed by atoms with Crippen molar-refractivity contribution in [2.24, 2.45) is 5.16 Å². The van der Waals surface area contributed by atoms with Gasteiger partial charge in [-0.1, -0.05) is 36.5 Å². The van der Waals surface area contributed by atoms with Gasteiger partial charge in [-0.25, -0.2) is 14.5 Å². The minimum absolute atomic E-state index is 0.0212. The molecule has 0 saturated carbocycles. The topological polar surface area (TPSA) is 194 Å². The van der Waals surface area contributed by atoms with Gasteiger partial charge in [0.25, 0.3) is 11.8 Å². The number of anilines is 1. The summed E-state index contributed by atoms with van der Waals surface area (Å²) >= 11 is 3.70. The van der Waals surface area contributed by atoms with Crippen LogP contribution in [0.4, 0.5) is 5.13 Å². The number of aryl methyl sites for hydroxylation is 1. The number of aromatic nitrogens is 5. The van der Waals surface area contributed by atoms with E-state index in [1.54, 1.807) is 4.68 Å². The highest BCUT2D eigenvalue weighted by atomic mass is 32.2. The number of thiazole rings is 1. The zero-order valence-electron chi connectivity index (χ0n) is 20.5. The van der Waals surface area contributed by atoms with Crippen molar-refractivity contribution in [2.75, 3.05) is 23.4 Å². The Labute approximate surface area is 234 Å². The highest BCUT2D eigenvalue weighted by molar-refractivity contribution is 8.01. The van der Waals surface area contributed by atoms with Gasteiger partial charge in [0.1, 0.15) is 29.4 Å². The summed E-state index contributed by atoms with van der Waals surface area (Å²) in [5.41, 5.74) is 0.357. The van der Waals surface area contributed by atoms with Gasteiger partial charge in [-0.15, -0.1) is 28.2 Å². The Bertz CT molecular complexity index is 1340. The second-order valence-electron chi connectivity index (χ2n) is 7.92. The summed E-state index contributed by atoms with van der Waals surface area (Å²) < 4.78 is 1.64. The van der Waals surface area contributed by atoms with Crippen LogP contribution in [-0.4, -0.2) is 94.6 Å². The lowest BCUT2D eigenvalue weighted by Crippen LogP contribution is -2.71. The van der Waals surface area contributed by atoms with E-state index in [1.807, 2.05) is 6.92 Å². The van der Waals surface area contributed by atoms with E-state index in [2.05, 4.69) is 42.9 Å². The molecule has 4 rings (SSSR count). The number of oxime groups is 1. The number of hydrogen-bond acceptors (Lipinski definition) is 13. The predicted molar refractivity (Wildman–Crippen MR) is 143 cm³/mol. The molecule has 3 amide bonds. The summed E-state index contributed by atoms with van der Waals surface area (Å²) in [5.74, 6) is -1.93. The van der Waals surface area contributed by atoms with Crippen LogP contribution in [0, 0.1) is 0 Å². The fourth-order valence-electron chi connectivity index (χ4n) is 3.67. The number of rotatable bonds is 14.